The summed E-state index contributed by atoms with van der Waals surface area (Å²) in [5.74, 6) is -3.96. The van der Waals surface area contributed by atoms with Crippen molar-refractivity contribution in [2.24, 2.45) is 17.2 Å². The second-order valence-corrected chi connectivity index (χ2v) is 6.51. The molecule has 0 bridgehead atoms. The Kier molecular flexibility index (Phi) is 11.0. The van der Waals surface area contributed by atoms with Gasteiger partial charge in [0.15, 0.2) is 0 Å². The van der Waals surface area contributed by atoms with Crippen LogP contribution in [-0.2, 0) is 24.0 Å². The maximum Gasteiger partial charge on any atom is 0.326 e. The second-order valence-electron chi connectivity index (χ2n) is 5.52. The fraction of sp³-hybridized carbons (Fsp3) is 0.643. The van der Waals surface area contributed by atoms with E-state index in [9.17, 15) is 24.0 Å². The van der Waals surface area contributed by atoms with Crippen LogP contribution in [0, 0.1) is 0 Å². The van der Waals surface area contributed by atoms with Crippen LogP contribution in [0.5, 0.6) is 0 Å². The number of hydrogen-bond donors (Lipinski definition) is 6. The van der Waals surface area contributed by atoms with Crippen LogP contribution in [0.1, 0.15) is 25.7 Å². The minimum atomic E-state index is -1.56. The fourth-order valence-corrected chi connectivity index (χ4v) is 2.37. The van der Waals surface area contributed by atoms with Crippen molar-refractivity contribution < 1.29 is 29.1 Å². The quantitative estimate of drug-likeness (QED) is 0.193. The predicted molar refractivity (Wildman–Crippen MR) is 94.7 cm³/mol. The molecule has 148 valence electrons. The van der Waals surface area contributed by atoms with Crippen LogP contribution in [0.4, 0.5) is 0 Å². The molecule has 0 fully saturated rings. The molecule has 4 amide bonds. The first-order valence-corrected chi connectivity index (χ1v) is 9.12. The first-order chi connectivity index (χ1) is 12.1. The molecule has 0 saturated carbocycles. The molecule has 26 heavy (non-hydrogen) atoms. The van der Waals surface area contributed by atoms with Gasteiger partial charge in [0, 0.05) is 6.42 Å². The molecular weight excluding hydrogens is 366 g/mol. The molecule has 3 unspecified atom stereocenters. The second kappa shape index (κ2) is 12.1. The van der Waals surface area contributed by atoms with Gasteiger partial charge in [0.1, 0.15) is 12.1 Å². The van der Waals surface area contributed by atoms with E-state index in [1.165, 1.54) is 11.8 Å². The predicted octanol–water partition coefficient (Wildman–Crippen LogP) is -2.74. The van der Waals surface area contributed by atoms with Crippen molar-refractivity contribution in [3.8, 4) is 0 Å². The summed E-state index contributed by atoms with van der Waals surface area (Å²) >= 11 is 1.49. The minimum absolute atomic E-state index is 0.148. The van der Waals surface area contributed by atoms with Gasteiger partial charge >= 0.3 is 5.97 Å². The lowest BCUT2D eigenvalue weighted by molar-refractivity contribution is -0.143. The summed E-state index contributed by atoms with van der Waals surface area (Å²) in [7, 11) is 0. The van der Waals surface area contributed by atoms with Gasteiger partial charge in [-0.15, -0.1) is 0 Å². The number of carboxylic acids is 1. The van der Waals surface area contributed by atoms with E-state index in [1.807, 2.05) is 6.26 Å². The maximum absolute atomic E-state index is 12.3. The number of hydrogen-bond acceptors (Lipinski definition) is 7. The number of thioether (sulfide) groups is 1. The van der Waals surface area contributed by atoms with Crippen LogP contribution in [-0.4, -0.2) is 64.8 Å². The van der Waals surface area contributed by atoms with Gasteiger partial charge in [-0.05, 0) is 24.9 Å². The number of primary amides is 2. The van der Waals surface area contributed by atoms with Crippen molar-refractivity contribution in [2.45, 2.75) is 43.8 Å². The monoisotopic (exact) mass is 391 g/mol. The highest BCUT2D eigenvalue weighted by molar-refractivity contribution is 7.98. The standard InChI is InChI=1S/C14H25N5O6S/c1-26-5-4-7(15)12(22)18-8(2-3-10(16)20)13(23)19-9(14(24)25)6-11(17)21/h7-9H,2-6,15H2,1H3,(H2,16,20)(H2,17,21)(H,18,22)(H,19,23)(H,24,25). The van der Waals surface area contributed by atoms with E-state index in [-0.39, 0.29) is 12.8 Å². The number of carbonyl (C=O) groups is 5. The topological polar surface area (TPSA) is 208 Å². The molecule has 0 aromatic carbocycles. The Hall–Kier alpha value is -2.34. The molecule has 11 nitrogen and oxygen atoms in total. The lowest BCUT2D eigenvalue weighted by atomic mass is 10.1. The largest absolute Gasteiger partial charge is 0.480 e. The van der Waals surface area contributed by atoms with Gasteiger partial charge in [0.2, 0.25) is 23.6 Å². The molecule has 9 N–H and O–H groups in total. The van der Waals surface area contributed by atoms with Crippen molar-refractivity contribution >= 4 is 41.4 Å². The summed E-state index contributed by atoms with van der Waals surface area (Å²) in [5, 5.41) is 13.5. The smallest absolute Gasteiger partial charge is 0.326 e. The average molecular weight is 391 g/mol. The molecule has 0 rings (SSSR count). The van der Waals surface area contributed by atoms with E-state index in [2.05, 4.69) is 10.6 Å². The third-order valence-corrected chi connectivity index (χ3v) is 3.95. The summed E-state index contributed by atoms with van der Waals surface area (Å²) < 4.78 is 0. The Balaban J connectivity index is 5.05. The Morgan fingerprint density at radius 2 is 1.54 bits per heavy atom. The number of amides is 4. The summed E-state index contributed by atoms with van der Waals surface area (Å²) in [6, 6.07) is -3.66. The summed E-state index contributed by atoms with van der Waals surface area (Å²) in [4.78, 5) is 57.3. The van der Waals surface area contributed by atoms with Crippen LogP contribution in [0.15, 0.2) is 0 Å². The SMILES string of the molecule is CSCCC(N)C(=O)NC(CCC(N)=O)C(=O)NC(CC(N)=O)C(=O)O. The zero-order chi connectivity index (χ0) is 20.3. The molecule has 0 aromatic rings. The minimum Gasteiger partial charge on any atom is -0.480 e. The molecule has 0 aliphatic rings. The molecule has 0 aliphatic carbocycles. The van der Waals surface area contributed by atoms with Crippen molar-refractivity contribution in [1.82, 2.24) is 10.6 Å². The van der Waals surface area contributed by atoms with Crippen LogP contribution in [0.25, 0.3) is 0 Å². The third kappa shape index (κ3) is 9.84. The van der Waals surface area contributed by atoms with E-state index in [4.69, 9.17) is 22.3 Å². The normalized spacial score (nSPS) is 13.9. The Labute approximate surface area is 154 Å². The van der Waals surface area contributed by atoms with Crippen molar-refractivity contribution in [3.05, 3.63) is 0 Å². The Morgan fingerprint density at radius 3 is 2.00 bits per heavy atom. The van der Waals surface area contributed by atoms with Crippen LogP contribution in [0.3, 0.4) is 0 Å². The van der Waals surface area contributed by atoms with Crippen LogP contribution < -0.4 is 27.8 Å². The molecule has 0 spiro atoms. The zero-order valence-corrected chi connectivity index (χ0v) is 15.2. The van der Waals surface area contributed by atoms with E-state index >= 15 is 0 Å². The highest BCUT2D eigenvalue weighted by atomic mass is 32.2. The number of nitrogens with two attached hydrogens (primary N) is 3. The van der Waals surface area contributed by atoms with E-state index in [0.717, 1.165) is 0 Å². The first kappa shape index (κ1) is 23.7. The Morgan fingerprint density at radius 1 is 0.962 bits per heavy atom. The molecule has 0 heterocycles. The van der Waals surface area contributed by atoms with Crippen LogP contribution in [0.2, 0.25) is 0 Å². The van der Waals surface area contributed by atoms with Gasteiger partial charge in [-0.2, -0.15) is 11.8 Å². The van der Waals surface area contributed by atoms with Crippen molar-refractivity contribution in [2.75, 3.05) is 12.0 Å². The van der Waals surface area contributed by atoms with Gasteiger partial charge < -0.3 is 32.9 Å². The van der Waals surface area contributed by atoms with Gasteiger partial charge in [0.05, 0.1) is 12.5 Å². The number of carbonyl (C=O) groups excluding carboxylic acids is 4. The highest BCUT2D eigenvalue weighted by Crippen LogP contribution is 2.03. The van der Waals surface area contributed by atoms with E-state index in [0.29, 0.717) is 12.2 Å². The third-order valence-electron chi connectivity index (χ3n) is 3.30. The number of carboxylic acid groups (broad SMARTS) is 1. The van der Waals surface area contributed by atoms with Gasteiger partial charge in [-0.3, -0.25) is 19.2 Å². The number of aliphatic carboxylic acids is 1. The molecule has 0 aromatic heterocycles. The van der Waals surface area contributed by atoms with E-state index in [1.54, 1.807) is 0 Å². The first-order valence-electron chi connectivity index (χ1n) is 7.73. The molecule has 12 heteroatoms. The summed E-state index contributed by atoms with van der Waals surface area (Å²) in [6.45, 7) is 0. The number of nitrogens with one attached hydrogen (secondary N) is 2. The van der Waals surface area contributed by atoms with Crippen LogP contribution >= 0.6 is 11.8 Å². The van der Waals surface area contributed by atoms with Crippen molar-refractivity contribution in [3.63, 3.8) is 0 Å². The molecule has 0 saturated heterocycles. The maximum atomic E-state index is 12.3. The molecular formula is C14H25N5O6S. The summed E-state index contributed by atoms with van der Waals surface area (Å²) in [6.07, 6.45) is 1.23. The van der Waals surface area contributed by atoms with Gasteiger partial charge in [0.25, 0.3) is 0 Å². The molecule has 0 aliphatic heterocycles. The Bertz CT molecular complexity index is 544. The number of rotatable bonds is 13. The fourth-order valence-electron chi connectivity index (χ4n) is 1.88. The van der Waals surface area contributed by atoms with E-state index < -0.39 is 54.1 Å². The zero-order valence-electron chi connectivity index (χ0n) is 14.4. The highest BCUT2D eigenvalue weighted by Gasteiger charge is 2.28. The summed E-state index contributed by atoms with van der Waals surface area (Å²) in [5.41, 5.74) is 15.7. The van der Waals surface area contributed by atoms with Gasteiger partial charge in [-0.25, -0.2) is 4.79 Å². The lowest BCUT2D eigenvalue weighted by Crippen LogP contribution is -2.55. The van der Waals surface area contributed by atoms with Crippen molar-refractivity contribution in [1.29, 1.82) is 0 Å². The molecule has 3 atom stereocenters. The molecule has 0 radical (unpaired) electrons. The lowest BCUT2D eigenvalue weighted by Gasteiger charge is -2.22. The average Bonchev–Trinajstić information content (AvgIpc) is 2.54. The van der Waals surface area contributed by atoms with Gasteiger partial charge in [-0.1, -0.05) is 0 Å².